The molecule has 0 aliphatic carbocycles. The van der Waals surface area contributed by atoms with E-state index in [1.807, 2.05) is 30.3 Å². The lowest BCUT2D eigenvalue weighted by Gasteiger charge is -2.27. The molecule has 2 atom stereocenters. The number of carboxylic acids is 1. The molecular formula is C20H19N5O2. The lowest BCUT2D eigenvalue weighted by Crippen LogP contribution is -2.43. The maximum absolute atomic E-state index is 11.1. The highest BCUT2D eigenvalue weighted by Crippen LogP contribution is 2.30. The molecule has 4 N–H and O–H groups in total. The standard InChI is InChI=1S/C20H19N5O2/c1-2-12-4-3-5-13(8-12)15-11-23-25-18(21)9-17(24-19(15)25)14-6-7-16(20(26)27)22-10-14/h1,3-5,8-9,11,14,16,22H,6-7,10,21H2,(H,26,27). The number of hydrogen-bond donors (Lipinski definition) is 3. The maximum Gasteiger partial charge on any atom is 0.320 e. The molecule has 1 saturated heterocycles. The topological polar surface area (TPSA) is 106 Å². The molecule has 3 aromatic rings. The van der Waals surface area contributed by atoms with Gasteiger partial charge in [-0.3, -0.25) is 4.79 Å². The van der Waals surface area contributed by atoms with Crippen LogP contribution in [-0.2, 0) is 4.79 Å². The summed E-state index contributed by atoms with van der Waals surface area (Å²) < 4.78 is 1.61. The van der Waals surface area contributed by atoms with Gasteiger partial charge in [-0.2, -0.15) is 9.61 Å². The van der Waals surface area contributed by atoms with E-state index in [-0.39, 0.29) is 5.92 Å². The van der Waals surface area contributed by atoms with Crippen molar-refractivity contribution in [2.24, 2.45) is 0 Å². The van der Waals surface area contributed by atoms with Gasteiger partial charge < -0.3 is 16.2 Å². The third kappa shape index (κ3) is 3.11. The minimum atomic E-state index is -0.817. The molecule has 2 unspecified atom stereocenters. The van der Waals surface area contributed by atoms with Crippen molar-refractivity contribution < 1.29 is 9.90 Å². The van der Waals surface area contributed by atoms with E-state index in [1.165, 1.54) is 0 Å². The van der Waals surface area contributed by atoms with Crippen molar-refractivity contribution in [3.8, 4) is 23.5 Å². The highest BCUT2D eigenvalue weighted by molar-refractivity contribution is 5.79. The first-order valence-corrected chi connectivity index (χ1v) is 8.74. The van der Waals surface area contributed by atoms with Crippen molar-refractivity contribution in [2.75, 3.05) is 12.3 Å². The summed E-state index contributed by atoms with van der Waals surface area (Å²) in [5.74, 6) is 2.42. The molecule has 7 nitrogen and oxygen atoms in total. The van der Waals surface area contributed by atoms with Crippen molar-refractivity contribution in [2.45, 2.75) is 24.8 Å². The second kappa shape index (κ2) is 6.74. The number of hydrogen-bond acceptors (Lipinski definition) is 5. The molecule has 136 valence electrons. The molecule has 0 spiro atoms. The number of fused-ring (bicyclic) bond motifs is 1. The Morgan fingerprint density at radius 2 is 2.22 bits per heavy atom. The van der Waals surface area contributed by atoms with E-state index in [0.717, 1.165) is 28.8 Å². The monoisotopic (exact) mass is 361 g/mol. The molecular weight excluding hydrogens is 342 g/mol. The number of nitrogens with one attached hydrogen (secondary N) is 1. The van der Waals surface area contributed by atoms with Crippen LogP contribution in [0.25, 0.3) is 16.8 Å². The van der Waals surface area contributed by atoms with Gasteiger partial charge in [0.15, 0.2) is 5.65 Å². The number of nitrogens with zero attached hydrogens (tertiary/aromatic N) is 3. The quantitative estimate of drug-likeness (QED) is 0.615. The van der Waals surface area contributed by atoms with Crippen molar-refractivity contribution >= 4 is 17.4 Å². The second-order valence-corrected chi connectivity index (χ2v) is 6.70. The normalized spacial score (nSPS) is 19.7. The van der Waals surface area contributed by atoms with Gasteiger partial charge in [-0.05, 0) is 30.5 Å². The predicted octanol–water partition coefficient (Wildman–Crippen LogP) is 1.88. The van der Waals surface area contributed by atoms with Crippen LogP contribution in [-0.4, -0.2) is 38.3 Å². The van der Waals surface area contributed by atoms with E-state index >= 15 is 0 Å². The average molecular weight is 361 g/mol. The van der Waals surface area contributed by atoms with Crippen LogP contribution in [0.15, 0.2) is 36.5 Å². The molecule has 1 aromatic carbocycles. The van der Waals surface area contributed by atoms with Gasteiger partial charge in [0.2, 0.25) is 0 Å². The minimum absolute atomic E-state index is 0.104. The predicted molar refractivity (Wildman–Crippen MR) is 102 cm³/mol. The van der Waals surface area contributed by atoms with Gasteiger partial charge >= 0.3 is 5.97 Å². The van der Waals surface area contributed by atoms with E-state index in [1.54, 1.807) is 10.7 Å². The van der Waals surface area contributed by atoms with E-state index in [2.05, 4.69) is 16.3 Å². The summed E-state index contributed by atoms with van der Waals surface area (Å²) in [6, 6.07) is 8.96. The molecule has 2 aromatic heterocycles. The number of anilines is 1. The van der Waals surface area contributed by atoms with E-state index in [9.17, 15) is 4.79 Å². The lowest BCUT2D eigenvalue weighted by atomic mass is 9.92. The van der Waals surface area contributed by atoms with Crippen molar-refractivity contribution in [1.29, 1.82) is 0 Å². The van der Waals surface area contributed by atoms with Crippen LogP contribution in [0, 0.1) is 12.3 Å². The van der Waals surface area contributed by atoms with Gasteiger partial charge in [0, 0.05) is 29.7 Å². The average Bonchev–Trinajstić information content (AvgIpc) is 3.12. The molecule has 0 radical (unpaired) electrons. The SMILES string of the molecule is C#Cc1cccc(-c2cnn3c(N)cc(C4CCC(C(=O)O)NC4)nc23)c1. The fraction of sp³-hybridized carbons (Fsp3) is 0.250. The van der Waals surface area contributed by atoms with Crippen LogP contribution in [0.2, 0.25) is 0 Å². The summed E-state index contributed by atoms with van der Waals surface area (Å²) in [6.45, 7) is 0.551. The molecule has 1 fully saturated rings. The van der Waals surface area contributed by atoms with E-state index in [4.69, 9.17) is 22.2 Å². The summed E-state index contributed by atoms with van der Waals surface area (Å²) in [4.78, 5) is 15.9. The highest BCUT2D eigenvalue weighted by atomic mass is 16.4. The van der Waals surface area contributed by atoms with Gasteiger partial charge in [0.05, 0.1) is 11.9 Å². The largest absolute Gasteiger partial charge is 0.480 e. The minimum Gasteiger partial charge on any atom is -0.480 e. The first kappa shape index (κ1) is 17.1. The highest BCUT2D eigenvalue weighted by Gasteiger charge is 2.27. The summed E-state index contributed by atoms with van der Waals surface area (Å²) in [7, 11) is 0. The lowest BCUT2D eigenvalue weighted by molar-refractivity contribution is -0.140. The number of benzene rings is 1. The molecule has 27 heavy (non-hydrogen) atoms. The molecule has 0 bridgehead atoms. The van der Waals surface area contributed by atoms with Crippen LogP contribution in [0.4, 0.5) is 5.82 Å². The molecule has 0 saturated carbocycles. The summed E-state index contributed by atoms with van der Waals surface area (Å²) in [5, 5.41) is 16.6. The van der Waals surface area contributed by atoms with Crippen LogP contribution >= 0.6 is 0 Å². The zero-order chi connectivity index (χ0) is 19.0. The summed E-state index contributed by atoms with van der Waals surface area (Å²) in [6.07, 6.45) is 8.54. The van der Waals surface area contributed by atoms with Crippen molar-refractivity contribution in [3.05, 3.63) is 47.8 Å². The zero-order valence-electron chi connectivity index (χ0n) is 14.6. The summed E-state index contributed by atoms with van der Waals surface area (Å²) >= 11 is 0. The Balaban J connectivity index is 1.72. The van der Waals surface area contributed by atoms with Gasteiger partial charge in [-0.25, -0.2) is 4.98 Å². The Kier molecular flexibility index (Phi) is 4.26. The number of rotatable bonds is 3. The van der Waals surface area contributed by atoms with Crippen LogP contribution in [0.5, 0.6) is 0 Å². The van der Waals surface area contributed by atoms with Gasteiger partial charge in [-0.1, -0.05) is 18.1 Å². The molecule has 7 heteroatoms. The number of terminal acetylenes is 1. The Morgan fingerprint density at radius 1 is 1.37 bits per heavy atom. The first-order valence-electron chi connectivity index (χ1n) is 8.74. The van der Waals surface area contributed by atoms with E-state index < -0.39 is 12.0 Å². The van der Waals surface area contributed by atoms with E-state index in [0.29, 0.717) is 24.4 Å². The number of aromatic nitrogens is 3. The number of nitrogens with two attached hydrogens (primary N) is 1. The Labute approximate surface area is 156 Å². The molecule has 1 aliphatic rings. The smallest absolute Gasteiger partial charge is 0.320 e. The van der Waals surface area contributed by atoms with Crippen molar-refractivity contribution in [1.82, 2.24) is 19.9 Å². The number of piperidine rings is 1. The maximum atomic E-state index is 11.1. The molecule has 1 aliphatic heterocycles. The fourth-order valence-electron chi connectivity index (χ4n) is 3.51. The van der Waals surface area contributed by atoms with Gasteiger partial charge in [0.25, 0.3) is 0 Å². The van der Waals surface area contributed by atoms with Crippen LogP contribution < -0.4 is 11.1 Å². The number of aliphatic carboxylic acids is 1. The Bertz CT molecular complexity index is 1060. The Morgan fingerprint density at radius 3 is 2.93 bits per heavy atom. The zero-order valence-corrected chi connectivity index (χ0v) is 14.6. The third-order valence-electron chi connectivity index (χ3n) is 4.99. The van der Waals surface area contributed by atoms with Crippen LogP contribution in [0.1, 0.15) is 30.0 Å². The molecule has 0 amide bonds. The second-order valence-electron chi connectivity index (χ2n) is 6.70. The molecule has 3 heterocycles. The van der Waals surface area contributed by atoms with Crippen LogP contribution in [0.3, 0.4) is 0 Å². The van der Waals surface area contributed by atoms with Gasteiger partial charge in [0.1, 0.15) is 11.9 Å². The summed E-state index contributed by atoms with van der Waals surface area (Å²) in [5.41, 5.74) is 10.3. The molecule has 4 rings (SSSR count). The Hall–Kier alpha value is -3.37. The number of carboxylic acid groups (broad SMARTS) is 1. The third-order valence-corrected chi connectivity index (χ3v) is 4.99. The number of nitrogen functional groups attached to an aromatic ring is 1. The van der Waals surface area contributed by atoms with Gasteiger partial charge in [-0.15, -0.1) is 6.42 Å². The number of carbonyl (C=O) groups is 1. The fourth-order valence-corrected chi connectivity index (χ4v) is 3.51. The van der Waals surface area contributed by atoms with Crippen molar-refractivity contribution in [3.63, 3.8) is 0 Å². The first-order chi connectivity index (χ1) is 13.1.